The Kier molecular flexibility index (Phi) is 3.60. The van der Waals surface area contributed by atoms with Crippen molar-refractivity contribution in [2.75, 3.05) is 24.3 Å². The Morgan fingerprint density at radius 3 is 2.53 bits per heavy atom. The molecule has 0 spiro atoms. The van der Waals surface area contributed by atoms with Crippen LogP contribution in [-0.2, 0) is 6.54 Å². The highest BCUT2D eigenvalue weighted by molar-refractivity contribution is 5.69. The first kappa shape index (κ1) is 11.5. The van der Waals surface area contributed by atoms with E-state index in [-0.39, 0.29) is 0 Å². The predicted molar refractivity (Wildman–Crippen MR) is 72.3 cm³/mol. The third-order valence-electron chi connectivity index (χ3n) is 2.57. The Labute approximate surface area is 102 Å². The summed E-state index contributed by atoms with van der Waals surface area (Å²) in [6.45, 7) is 0.742. The molecule has 0 bridgehead atoms. The molecule has 0 aliphatic carbocycles. The third-order valence-corrected chi connectivity index (χ3v) is 2.57. The van der Waals surface area contributed by atoms with Crippen molar-refractivity contribution in [2.24, 2.45) is 0 Å². The van der Waals surface area contributed by atoms with Crippen LogP contribution >= 0.6 is 0 Å². The van der Waals surface area contributed by atoms with Crippen molar-refractivity contribution in [3.8, 4) is 0 Å². The van der Waals surface area contributed by atoms with Gasteiger partial charge in [0.05, 0.1) is 23.6 Å². The zero-order valence-electron chi connectivity index (χ0n) is 10.2. The number of nitrogens with one attached hydrogen (secondary N) is 1. The number of pyridine rings is 1. The minimum absolute atomic E-state index is 0.742. The number of benzene rings is 1. The van der Waals surface area contributed by atoms with Gasteiger partial charge < -0.3 is 10.2 Å². The fraction of sp³-hybridized carbons (Fsp3) is 0.214. The highest BCUT2D eigenvalue weighted by atomic mass is 15.1. The number of anilines is 2. The number of hydrogen-bond acceptors (Lipinski definition) is 3. The van der Waals surface area contributed by atoms with Crippen LogP contribution in [0.25, 0.3) is 0 Å². The molecule has 88 valence electrons. The van der Waals surface area contributed by atoms with Gasteiger partial charge >= 0.3 is 0 Å². The van der Waals surface area contributed by atoms with E-state index >= 15 is 0 Å². The van der Waals surface area contributed by atoms with E-state index in [0.29, 0.717) is 0 Å². The Morgan fingerprint density at radius 1 is 1.06 bits per heavy atom. The van der Waals surface area contributed by atoms with E-state index in [1.807, 2.05) is 50.6 Å². The molecule has 0 amide bonds. The summed E-state index contributed by atoms with van der Waals surface area (Å²) >= 11 is 0. The van der Waals surface area contributed by atoms with Crippen LogP contribution in [0.4, 0.5) is 11.4 Å². The lowest BCUT2D eigenvalue weighted by molar-refractivity contribution is 1.04. The maximum absolute atomic E-state index is 4.29. The van der Waals surface area contributed by atoms with Gasteiger partial charge in [0.15, 0.2) is 0 Å². The van der Waals surface area contributed by atoms with E-state index in [1.54, 1.807) is 0 Å². The lowest BCUT2D eigenvalue weighted by Crippen LogP contribution is -2.12. The summed E-state index contributed by atoms with van der Waals surface area (Å²) in [5.74, 6) is 0. The first-order valence-corrected chi connectivity index (χ1v) is 5.67. The summed E-state index contributed by atoms with van der Waals surface area (Å²) < 4.78 is 0. The summed E-state index contributed by atoms with van der Waals surface area (Å²) in [5, 5.41) is 3.41. The summed E-state index contributed by atoms with van der Waals surface area (Å²) in [7, 11) is 4.09. The van der Waals surface area contributed by atoms with Crippen molar-refractivity contribution in [1.29, 1.82) is 0 Å². The molecule has 0 saturated heterocycles. The molecule has 0 radical (unpaired) electrons. The lowest BCUT2D eigenvalue weighted by atomic mass is 10.2. The normalized spacial score (nSPS) is 10.0. The van der Waals surface area contributed by atoms with Crippen molar-refractivity contribution < 1.29 is 0 Å². The van der Waals surface area contributed by atoms with Gasteiger partial charge in [0.1, 0.15) is 0 Å². The minimum Gasteiger partial charge on any atom is -0.378 e. The van der Waals surface area contributed by atoms with Gasteiger partial charge in [-0.05, 0) is 24.3 Å². The predicted octanol–water partition coefficient (Wildman–Crippen LogP) is 2.76. The van der Waals surface area contributed by atoms with E-state index in [4.69, 9.17) is 0 Å². The van der Waals surface area contributed by atoms with Gasteiger partial charge in [0.25, 0.3) is 0 Å². The molecule has 0 atom stereocenters. The van der Waals surface area contributed by atoms with Gasteiger partial charge in [-0.15, -0.1) is 0 Å². The molecule has 1 aromatic carbocycles. The van der Waals surface area contributed by atoms with Crippen molar-refractivity contribution in [2.45, 2.75) is 6.54 Å². The first-order chi connectivity index (χ1) is 8.27. The largest absolute Gasteiger partial charge is 0.378 e. The zero-order valence-corrected chi connectivity index (χ0v) is 10.2. The van der Waals surface area contributed by atoms with E-state index in [0.717, 1.165) is 17.9 Å². The second-order valence-electron chi connectivity index (χ2n) is 4.09. The van der Waals surface area contributed by atoms with E-state index in [1.165, 1.54) is 5.69 Å². The second kappa shape index (κ2) is 5.34. The van der Waals surface area contributed by atoms with Gasteiger partial charge in [0.2, 0.25) is 0 Å². The van der Waals surface area contributed by atoms with Crippen LogP contribution in [0.2, 0.25) is 0 Å². The number of hydrogen-bond donors (Lipinski definition) is 1. The van der Waals surface area contributed by atoms with Crippen LogP contribution in [-0.4, -0.2) is 19.1 Å². The molecular formula is C14H17N3. The fourth-order valence-electron chi connectivity index (χ4n) is 1.70. The van der Waals surface area contributed by atoms with Gasteiger partial charge in [0, 0.05) is 20.3 Å². The zero-order chi connectivity index (χ0) is 12.1. The molecule has 1 aromatic heterocycles. The summed E-state index contributed by atoms with van der Waals surface area (Å²) in [5.41, 5.74) is 3.35. The van der Waals surface area contributed by atoms with E-state index in [2.05, 4.69) is 27.3 Å². The third kappa shape index (κ3) is 2.97. The molecule has 0 saturated carbocycles. The molecule has 0 aliphatic heterocycles. The lowest BCUT2D eigenvalue weighted by Gasteiger charge is -2.18. The monoisotopic (exact) mass is 227 g/mol. The minimum atomic E-state index is 0.742. The van der Waals surface area contributed by atoms with Gasteiger partial charge in [-0.3, -0.25) is 4.98 Å². The molecule has 0 aliphatic rings. The second-order valence-corrected chi connectivity index (χ2v) is 4.09. The average molecular weight is 227 g/mol. The van der Waals surface area contributed by atoms with Crippen molar-refractivity contribution in [3.05, 3.63) is 54.4 Å². The molecule has 1 heterocycles. The number of aromatic nitrogens is 1. The van der Waals surface area contributed by atoms with Crippen LogP contribution in [0.15, 0.2) is 48.7 Å². The summed E-state index contributed by atoms with van der Waals surface area (Å²) in [6.07, 6.45) is 1.81. The van der Waals surface area contributed by atoms with Crippen molar-refractivity contribution in [1.82, 2.24) is 4.98 Å². The highest BCUT2D eigenvalue weighted by Crippen LogP contribution is 2.23. The molecule has 3 nitrogen and oxygen atoms in total. The molecule has 3 heteroatoms. The molecule has 0 unspecified atom stereocenters. The maximum Gasteiger partial charge on any atom is 0.0596 e. The van der Waals surface area contributed by atoms with Crippen LogP contribution in [0.3, 0.4) is 0 Å². The molecule has 17 heavy (non-hydrogen) atoms. The average Bonchev–Trinajstić information content (AvgIpc) is 2.38. The topological polar surface area (TPSA) is 28.2 Å². The molecule has 0 fully saturated rings. The van der Waals surface area contributed by atoms with Gasteiger partial charge in [-0.25, -0.2) is 0 Å². The standard InChI is InChI=1S/C14H17N3/c1-17(2)14-9-4-3-8-13(14)16-11-12-7-5-6-10-15-12/h3-10,16H,11H2,1-2H3. The van der Waals surface area contributed by atoms with E-state index < -0.39 is 0 Å². The first-order valence-electron chi connectivity index (χ1n) is 5.67. The fourth-order valence-corrected chi connectivity index (χ4v) is 1.70. The Balaban J connectivity index is 2.09. The summed E-state index contributed by atoms with van der Waals surface area (Å²) in [4.78, 5) is 6.39. The quantitative estimate of drug-likeness (QED) is 0.870. The van der Waals surface area contributed by atoms with Crippen molar-refractivity contribution in [3.63, 3.8) is 0 Å². The van der Waals surface area contributed by atoms with Crippen LogP contribution in [0.1, 0.15) is 5.69 Å². The Morgan fingerprint density at radius 2 is 1.82 bits per heavy atom. The smallest absolute Gasteiger partial charge is 0.0596 e. The Hall–Kier alpha value is -2.03. The highest BCUT2D eigenvalue weighted by Gasteiger charge is 2.02. The van der Waals surface area contributed by atoms with Crippen LogP contribution < -0.4 is 10.2 Å². The Bertz CT molecular complexity index is 466. The molecule has 1 N–H and O–H groups in total. The van der Waals surface area contributed by atoms with Gasteiger partial charge in [-0.1, -0.05) is 18.2 Å². The maximum atomic E-state index is 4.29. The van der Waals surface area contributed by atoms with Gasteiger partial charge in [-0.2, -0.15) is 0 Å². The van der Waals surface area contributed by atoms with Crippen LogP contribution in [0.5, 0.6) is 0 Å². The van der Waals surface area contributed by atoms with Crippen molar-refractivity contribution >= 4 is 11.4 Å². The number of nitrogens with zero attached hydrogens (tertiary/aromatic N) is 2. The molecule has 2 rings (SSSR count). The number of rotatable bonds is 4. The molecule has 2 aromatic rings. The SMILES string of the molecule is CN(C)c1ccccc1NCc1ccccn1. The summed E-state index contributed by atoms with van der Waals surface area (Å²) in [6, 6.07) is 14.2. The molecular weight excluding hydrogens is 210 g/mol. The van der Waals surface area contributed by atoms with Crippen LogP contribution in [0, 0.1) is 0 Å². The number of para-hydroxylation sites is 2. The van der Waals surface area contributed by atoms with E-state index in [9.17, 15) is 0 Å².